The van der Waals surface area contributed by atoms with Gasteiger partial charge < -0.3 is 15.0 Å². The highest BCUT2D eigenvalue weighted by molar-refractivity contribution is 9.10. The van der Waals surface area contributed by atoms with Gasteiger partial charge in [-0.25, -0.2) is 4.39 Å². The Hall–Kier alpha value is -2.90. The quantitative estimate of drug-likeness (QED) is 0.533. The lowest BCUT2D eigenvalue weighted by Crippen LogP contribution is -2.41. The lowest BCUT2D eigenvalue weighted by Gasteiger charge is -2.30. The van der Waals surface area contributed by atoms with Crippen molar-refractivity contribution in [1.29, 1.82) is 0 Å². The minimum absolute atomic E-state index is 0.169. The molecule has 0 aliphatic carbocycles. The SMILES string of the molecule is O=C1CN(C(=O)COc2ccc(Cl)cc2)[C@H](c2ccc(F)cc2)c2cc(Br)ccc2N1. The van der Waals surface area contributed by atoms with Gasteiger partial charge in [0, 0.05) is 20.7 Å². The number of halogens is 3. The van der Waals surface area contributed by atoms with Gasteiger partial charge in [0.1, 0.15) is 18.1 Å². The summed E-state index contributed by atoms with van der Waals surface area (Å²) in [4.78, 5) is 27.2. The Labute approximate surface area is 191 Å². The molecule has 0 aromatic heterocycles. The summed E-state index contributed by atoms with van der Waals surface area (Å²) in [7, 11) is 0. The molecule has 0 saturated carbocycles. The molecule has 2 amide bonds. The Morgan fingerprint density at radius 1 is 1.13 bits per heavy atom. The van der Waals surface area contributed by atoms with E-state index in [0.29, 0.717) is 27.6 Å². The first-order chi connectivity index (χ1) is 14.9. The smallest absolute Gasteiger partial charge is 0.261 e. The Balaban J connectivity index is 1.70. The van der Waals surface area contributed by atoms with E-state index in [1.165, 1.54) is 17.0 Å². The van der Waals surface area contributed by atoms with E-state index in [1.807, 2.05) is 12.1 Å². The molecule has 1 aliphatic rings. The number of anilines is 1. The molecule has 5 nitrogen and oxygen atoms in total. The normalized spacial score (nSPS) is 15.6. The van der Waals surface area contributed by atoms with Gasteiger partial charge in [0.05, 0.1) is 6.04 Å². The molecule has 0 radical (unpaired) electrons. The average molecular weight is 504 g/mol. The van der Waals surface area contributed by atoms with Crippen molar-refractivity contribution in [2.75, 3.05) is 18.5 Å². The topological polar surface area (TPSA) is 58.6 Å². The number of fused-ring (bicyclic) bond motifs is 1. The highest BCUT2D eigenvalue weighted by Gasteiger charge is 2.33. The molecule has 1 atom stereocenters. The minimum atomic E-state index is -0.603. The summed E-state index contributed by atoms with van der Waals surface area (Å²) in [5.74, 6) is -0.608. The Kier molecular flexibility index (Phi) is 6.25. The van der Waals surface area contributed by atoms with Crippen molar-refractivity contribution in [1.82, 2.24) is 4.90 Å². The van der Waals surface area contributed by atoms with Crippen LogP contribution in [0.3, 0.4) is 0 Å². The zero-order valence-electron chi connectivity index (χ0n) is 16.1. The van der Waals surface area contributed by atoms with Gasteiger partial charge in [0.15, 0.2) is 6.61 Å². The van der Waals surface area contributed by atoms with Gasteiger partial charge in [-0.3, -0.25) is 9.59 Å². The molecule has 4 rings (SSSR count). The van der Waals surface area contributed by atoms with Gasteiger partial charge in [0.2, 0.25) is 5.91 Å². The van der Waals surface area contributed by atoms with E-state index in [4.69, 9.17) is 16.3 Å². The van der Waals surface area contributed by atoms with Crippen LogP contribution in [0.1, 0.15) is 17.2 Å². The van der Waals surface area contributed by atoms with E-state index in [2.05, 4.69) is 21.2 Å². The Morgan fingerprint density at radius 2 is 1.84 bits per heavy atom. The summed E-state index contributed by atoms with van der Waals surface area (Å²) in [6, 6.07) is 17.4. The van der Waals surface area contributed by atoms with Gasteiger partial charge in [-0.1, -0.05) is 39.7 Å². The van der Waals surface area contributed by atoms with E-state index < -0.39 is 6.04 Å². The molecule has 3 aromatic carbocycles. The number of hydrogen-bond acceptors (Lipinski definition) is 3. The number of nitrogens with zero attached hydrogens (tertiary/aromatic N) is 1. The standard InChI is InChI=1S/C23H17BrClFN2O3/c24-15-3-10-20-19(11-15)23(14-1-6-17(26)7-2-14)28(12-21(29)27-20)22(30)13-31-18-8-4-16(25)5-9-18/h1-11,23H,12-13H2,(H,27,29)/t23-/m1/s1. The first-order valence-electron chi connectivity index (χ1n) is 9.43. The van der Waals surface area contributed by atoms with Crippen LogP contribution in [0.4, 0.5) is 10.1 Å². The Morgan fingerprint density at radius 3 is 2.55 bits per heavy atom. The minimum Gasteiger partial charge on any atom is -0.484 e. The van der Waals surface area contributed by atoms with Crippen LogP contribution in [0, 0.1) is 5.82 Å². The largest absolute Gasteiger partial charge is 0.484 e. The number of carbonyl (C=O) groups is 2. The average Bonchev–Trinajstić information content (AvgIpc) is 2.89. The third-order valence-electron chi connectivity index (χ3n) is 4.89. The van der Waals surface area contributed by atoms with Crippen LogP contribution in [-0.4, -0.2) is 29.9 Å². The molecule has 0 saturated heterocycles. The van der Waals surface area contributed by atoms with Crippen LogP contribution in [0.25, 0.3) is 0 Å². The van der Waals surface area contributed by atoms with Gasteiger partial charge in [0.25, 0.3) is 5.91 Å². The second-order valence-electron chi connectivity index (χ2n) is 7.00. The molecule has 31 heavy (non-hydrogen) atoms. The molecule has 0 spiro atoms. The molecule has 0 fully saturated rings. The summed E-state index contributed by atoms with van der Waals surface area (Å²) in [5, 5.41) is 3.40. The lowest BCUT2D eigenvalue weighted by molar-refractivity contribution is -0.138. The van der Waals surface area contributed by atoms with Crippen LogP contribution in [0.15, 0.2) is 71.2 Å². The lowest BCUT2D eigenvalue weighted by atomic mass is 9.96. The van der Waals surface area contributed by atoms with Crippen LogP contribution in [0.2, 0.25) is 5.02 Å². The third-order valence-corrected chi connectivity index (χ3v) is 5.64. The molecular formula is C23H17BrClFN2O3. The maximum Gasteiger partial charge on any atom is 0.261 e. The van der Waals surface area contributed by atoms with Crippen molar-refractivity contribution < 1.29 is 18.7 Å². The van der Waals surface area contributed by atoms with E-state index in [1.54, 1.807) is 42.5 Å². The number of ether oxygens (including phenoxy) is 1. The van der Waals surface area contributed by atoms with E-state index in [9.17, 15) is 14.0 Å². The maximum absolute atomic E-state index is 13.6. The third kappa shape index (κ3) is 4.89. The van der Waals surface area contributed by atoms with Gasteiger partial charge in [-0.05, 0) is 60.2 Å². The zero-order valence-corrected chi connectivity index (χ0v) is 18.5. The molecule has 158 valence electrons. The molecule has 1 aliphatic heterocycles. The first kappa shape index (κ1) is 21.3. The first-order valence-corrected chi connectivity index (χ1v) is 10.6. The van der Waals surface area contributed by atoms with E-state index in [-0.39, 0.29) is 30.8 Å². The monoisotopic (exact) mass is 502 g/mol. The predicted molar refractivity (Wildman–Crippen MR) is 120 cm³/mol. The highest BCUT2D eigenvalue weighted by atomic mass is 79.9. The van der Waals surface area contributed by atoms with Crippen LogP contribution in [-0.2, 0) is 9.59 Å². The molecule has 0 bridgehead atoms. The fraction of sp³-hybridized carbons (Fsp3) is 0.130. The fourth-order valence-corrected chi connectivity index (χ4v) is 3.98. The van der Waals surface area contributed by atoms with Crippen molar-refractivity contribution >= 4 is 45.0 Å². The van der Waals surface area contributed by atoms with Crippen LogP contribution in [0.5, 0.6) is 5.75 Å². The number of carbonyl (C=O) groups excluding carboxylic acids is 2. The van der Waals surface area contributed by atoms with Crippen molar-refractivity contribution in [2.45, 2.75) is 6.04 Å². The number of nitrogens with one attached hydrogen (secondary N) is 1. The summed E-state index contributed by atoms with van der Waals surface area (Å²) >= 11 is 9.34. The zero-order chi connectivity index (χ0) is 22.0. The predicted octanol–water partition coefficient (Wildman–Crippen LogP) is 5.19. The van der Waals surface area contributed by atoms with Crippen LogP contribution < -0.4 is 10.1 Å². The Bertz CT molecular complexity index is 1120. The second-order valence-corrected chi connectivity index (χ2v) is 8.35. The van der Waals surface area contributed by atoms with Crippen molar-refractivity contribution in [3.8, 4) is 5.75 Å². The van der Waals surface area contributed by atoms with E-state index >= 15 is 0 Å². The molecule has 0 unspecified atom stereocenters. The fourth-order valence-electron chi connectivity index (χ4n) is 3.47. The summed E-state index contributed by atoms with van der Waals surface area (Å²) in [6.45, 7) is -0.437. The summed E-state index contributed by atoms with van der Waals surface area (Å²) < 4.78 is 20.0. The second kappa shape index (κ2) is 9.08. The van der Waals surface area contributed by atoms with Gasteiger partial charge in [-0.2, -0.15) is 0 Å². The molecule has 1 N–H and O–H groups in total. The summed E-state index contributed by atoms with van der Waals surface area (Å²) in [5.41, 5.74) is 1.99. The number of benzene rings is 3. The number of hydrogen-bond donors (Lipinski definition) is 1. The van der Waals surface area contributed by atoms with Gasteiger partial charge in [-0.15, -0.1) is 0 Å². The number of rotatable bonds is 4. The maximum atomic E-state index is 13.6. The highest BCUT2D eigenvalue weighted by Crippen LogP contribution is 2.37. The van der Waals surface area contributed by atoms with Crippen molar-refractivity contribution in [2.24, 2.45) is 0 Å². The molecule has 1 heterocycles. The van der Waals surface area contributed by atoms with Gasteiger partial charge >= 0.3 is 0 Å². The molecule has 8 heteroatoms. The molecule has 3 aromatic rings. The van der Waals surface area contributed by atoms with Crippen molar-refractivity contribution in [3.05, 3.63) is 93.2 Å². The van der Waals surface area contributed by atoms with Crippen molar-refractivity contribution in [3.63, 3.8) is 0 Å². The van der Waals surface area contributed by atoms with E-state index in [0.717, 1.165) is 4.47 Å². The van der Waals surface area contributed by atoms with Crippen LogP contribution >= 0.6 is 27.5 Å². The molecular weight excluding hydrogens is 487 g/mol. The summed E-state index contributed by atoms with van der Waals surface area (Å²) in [6.07, 6.45) is 0. The number of amides is 2.